The first-order valence-corrected chi connectivity index (χ1v) is 4.33. The molecule has 1 N–H and O–H groups in total. The number of hydrogen-bond acceptors (Lipinski definition) is 1. The summed E-state index contributed by atoms with van der Waals surface area (Å²) in [6, 6.07) is 0. The average molecular weight is 199 g/mol. The number of amides is 1. The van der Waals surface area contributed by atoms with Crippen molar-refractivity contribution in [1.82, 2.24) is 5.32 Å². The first-order valence-electron chi connectivity index (χ1n) is 4.33. The summed E-state index contributed by atoms with van der Waals surface area (Å²) in [7, 11) is 0. The molecule has 0 rings (SSSR count). The highest BCUT2D eigenvalue weighted by Gasteiger charge is 2.37. The average Bonchev–Trinajstić information content (AvgIpc) is 2.07. The highest BCUT2D eigenvalue weighted by molar-refractivity contribution is 5.81. The molecule has 0 saturated heterocycles. The van der Waals surface area contributed by atoms with Crippen LogP contribution in [0.5, 0.6) is 0 Å². The van der Waals surface area contributed by atoms with E-state index in [0.29, 0.717) is 6.42 Å². The summed E-state index contributed by atoms with van der Waals surface area (Å²) in [6.45, 7) is 5.93. The third-order valence-corrected chi connectivity index (χ3v) is 1.07. The maximum Gasteiger partial charge on any atom is 0.471 e. The first-order chi connectivity index (χ1) is 5.98. The number of carbonyl (C=O) groups excluding carboxylic acids is 1. The summed E-state index contributed by atoms with van der Waals surface area (Å²) in [6.07, 6.45) is -3.41. The van der Waals surface area contributed by atoms with Crippen LogP contribution in [-0.4, -0.2) is 18.6 Å². The van der Waals surface area contributed by atoms with Gasteiger partial charge in [0.15, 0.2) is 0 Å². The molecular formula is C8H16F3NO. The molecule has 0 aliphatic heterocycles. The van der Waals surface area contributed by atoms with Gasteiger partial charge in [-0.1, -0.05) is 27.2 Å². The molecule has 0 aromatic heterocycles. The highest BCUT2D eigenvalue weighted by Crippen LogP contribution is 2.13. The quantitative estimate of drug-likeness (QED) is 0.695. The Morgan fingerprint density at radius 3 is 2.08 bits per heavy atom. The molecule has 0 aromatic rings. The van der Waals surface area contributed by atoms with Gasteiger partial charge in [0, 0.05) is 6.54 Å². The predicted octanol–water partition coefficient (Wildman–Crippen LogP) is 2.49. The molecular weight excluding hydrogens is 183 g/mol. The Morgan fingerprint density at radius 2 is 1.77 bits per heavy atom. The van der Waals surface area contributed by atoms with Crippen molar-refractivity contribution in [3.05, 3.63) is 0 Å². The molecule has 2 nitrogen and oxygen atoms in total. The van der Waals surface area contributed by atoms with Gasteiger partial charge >= 0.3 is 12.1 Å². The SMILES string of the molecule is CC.CCCCNC(=O)C(F)(F)F. The van der Waals surface area contributed by atoms with Gasteiger partial charge in [0.2, 0.25) is 0 Å². The van der Waals surface area contributed by atoms with Gasteiger partial charge in [-0.2, -0.15) is 13.2 Å². The molecule has 0 spiro atoms. The van der Waals surface area contributed by atoms with Crippen molar-refractivity contribution >= 4 is 5.91 Å². The fourth-order valence-electron chi connectivity index (χ4n) is 0.479. The summed E-state index contributed by atoms with van der Waals surface area (Å²) in [5.74, 6) is -1.86. The topological polar surface area (TPSA) is 29.1 Å². The van der Waals surface area contributed by atoms with Crippen LogP contribution in [0.4, 0.5) is 13.2 Å². The van der Waals surface area contributed by atoms with Gasteiger partial charge in [-0.25, -0.2) is 0 Å². The van der Waals surface area contributed by atoms with E-state index < -0.39 is 12.1 Å². The number of halogens is 3. The Labute approximate surface area is 76.5 Å². The summed E-state index contributed by atoms with van der Waals surface area (Å²) in [4.78, 5) is 10.1. The smallest absolute Gasteiger partial charge is 0.348 e. The standard InChI is InChI=1S/C6H10F3NO.C2H6/c1-2-3-4-10-5(11)6(7,8)9;1-2/h2-4H2,1H3,(H,10,11);1-2H3. The van der Waals surface area contributed by atoms with E-state index in [1.54, 1.807) is 5.32 Å². The Hall–Kier alpha value is -0.740. The molecule has 0 bridgehead atoms. The van der Waals surface area contributed by atoms with Crippen molar-refractivity contribution < 1.29 is 18.0 Å². The van der Waals surface area contributed by atoms with Crippen LogP contribution in [0.25, 0.3) is 0 Å². The van der Waals surface area contributed by atoms with Gasteiger partial charge in [-0.15, -0.1) is 0 Å². The molecule has 1 amide bonds. The number of rotatable bonds is 3. The molecule has 0 unspecified atom stereocenters. The van der Waals surface area contributed by atoms with Crippen LogP contribution in [0.1, 0.15) is 33.6 Å². The lowest BCUT2D eigenvalue weighted by Crippen LogP contribution is -2.37. The van der Waals surface area contributed by atoms with Crippen LogP contribution in [0.3, 0.4) is 0 Å². The van der Waals surface area contributed by atoms with Crippen molar-refractivity contribution in [2.75, 3.05) is 6.54 Å². The van der Waals surface area contributed by atoms with Gasteiger partial charge in [-0.3, -0.25) is 4.79 Å². The normalized spacial score (nSPS) is 10.0. The number of unbranched alkanes of at least 4 members (excludes halogenated alkanes) is 1. The van der Waals surface area contributed by atoms with Gasteiger partial charge < -0.3 is 5.32 Å². The molecule has 0 fully saturated rings. The number of carbonyl (C=O) groups is 1. The first kappa shape index (κ1) is 14.8. The number of alkyl halides is 3. The van der Waals surface area contributed by atoms with E-state index in [2.05, 4.69) is 0 Å². The maximum absolute atomic E-state index is 11.5. The molecule has 0 radical (unpaired) electrons. The summed E-state index contributed by atoms with van der Waals surface area (Å²) < 4.78 is 34.4. The van der Waals surface area contributed by atoms with E-state index in [0.717, 1.165) is 6.42 Å². The minimum absolute atomic E-state index is 0.0921. The molecule has 0 atom stereocenters. The number of nitrogens with one attached hydrogen (secondary N) is 1. The van der Waals surface area contributed by atoms with Gasteiger partial charge in [0.1, 0.15) is 0 Å². The zero-order valence-corrected chi connectivity index (χ0v) is 8.16. The van der Waals surface area contributed by atoms with E-state index in [9.17, 15) is 18.0 Å². The Bertz CT molecular complexity index is 134. The molecule has 0 aliphatic rings. The molecule has 0 heterocycles. The largest absolute Gasteiger partial charge is 0.471 e. The van der Waals surface area contributed by atoms with Crippen molar-refractivity contribution in [1.29, 1.82) is 0 Å². The molecule has 0 aliphatic carbocycles. The van der Waals surface area contributed by atoms with Crippen molar-refractivity contribution in [2.45, 2.75) is 39.8 Å². The zero-order chi connectivity index (χ0) is 10.9. The van der Waals surface area contributed by atoms with Crippen LogP contribution in [0.2, 0.25) is 0 Å². The van der Waals surface area contributed by atoms with E-state index in [1.807, 2.05) is 20.8 Å². The monoisotopic (exact) mass is 199 g/mol. The molecule has 13 heavy (non-hydrogen) atoms. The van der Waals surface area contributed by atoms with Crippen LogP contribution < -0.4 is 5.32 Å². The van der Waals surface area contributed by atoms with Crippen molar-refractivity contribution in [3.8, 4) is 0 Å². The van der Waals surface area contributed by atoms with Crippen molar-refractivity contribution in [2.24, 2.45) is 0 Å². The van der Waals surface area contributed by atoms with Gasteiger partial charge in [0.05, 0.1) is 0 Å². The minimum atomic E-state index is -4.74. The second-order valence-corrected chi connectivity index (χ2v) is 2.11. The highest BCUT2D eigenvalue weighted by atomic mass is 19.4. The lowest BCUT2D eigenvalue weighted by Gasteiger charge is -2.06. The van der Waals surface area contributed by atoms with Gasteiger partial charge in [-0.05, 0) is 6.42 Å². The summed E-state index contributed by atoms with van der Waals surface area (Å²) in [5.41, 5.74) is 0. The Morgan fingerprint density at radius 1 is 1.31 bits per heavy atom. The van der Waals surface area contributed by atoms with Crippen LogP contribution in [0.15, 0.2) is 0 Å². The van der Waals surface area contributed by atoms with Crippen LogP contribution in [0, 0.1) is 0 Å². The maximum atomic E-state index is 11.5. The summed E-state index contributed by atoms with van der Waals surface area (Å²) >= 11 is 0. The molecule has 0 saturated carbocycles. The van der Waals surface area contributed by atoms with Crippen LogP contribution in [-0.2, 0) is 4.79 Å². The molecule has 80 valence electrons. The zero-order valence-electron chi connectivity index (χ0n) is 8.16. The fraction of sp³-hybridized carbons (Fsp3) is 0.875. The van der Waals surface area contributed by atoms with Gasteiger partial charge in [0.25, 0.3) is 0 Å². The lowest BCUT2D eigenvalue weighted by atomic mass is 10.3. The Kier molecular flexibility index (Phi) is 8.96. The lowest BCUT2D eigenvalue weighted by molar-refractivity contribution is -0.173. The number of hydrogen-bond donors (Lipinski definition) is 1. The van der Waals surface area contributed by atoms with E-state index in [-0.39, 0.29) is 6.54 Å². The third kappa shape index (κ3) is 9.17. The Balaban J connectivity index is 0. The third-order valence-electron chi connectivity index (χ3n) is 1.07. The summed E-state index contributed by atoms with van der Waals surface area (Å²) in [5, 5.41) is 1.76. The molecule has 0 aromatic carbocycles. The van der Waals surface area contributed by atoms with E-state index in [4.69, 9.17) is 0 Å². The fourth-order valence-corrected chi connectivity index (χ4v) is 0.479. The van der Waals surface area contributed by atoms with Crippen LogP contribution >= 0.6 is 0 Å². The second kappa shape index (κ2) is 7.89. The van der Waals surface area contributed by atoms with E-state index in [1.165, 1.54) is 0 Å². The van der Waals surface area contributed by atoms with Crippen molar-refractivity contribution in [3.63, 3.8) is 0 Å². The molecule has 5 heteroatoms. The predicted molar refractivity (Wildman–Crippen MR) is 45.3 cm³/mol. The second-order valence-electron chi connectivity index (χ2n) is 2.11. The van der Waals surface area contributed by atoms with E-state index >= 15 is 0 Å². The minimum Gasteiger partial charge on any atom is -0.348 e.